The van der Waals surface area contributed by atoms with Crippen molar-refractivity contribution >= 4 is 11.9 Å². The number of benzene rings is 1. The minimum absolute atomic E-state index is 0.00987. The van der Waals surface area contributed by atoms with Gasteiger partial charge >= 0.3 is 11.9 Å². The highest BCUT2D eigenvalue weighted by atomic mass is 16.5. The molecule has 7 nitrogen and oxygen atoms in total. The first kappa shape index (κ1) is 17.1. The van der Waals surface area contributed by atoms with Crippen molar-refractivity contribution in [2.45, 2.75) is 12.6 Å². The van der Waals surface area contributed by atoms with E-state index in [1.807, 2.05) is 30.3 Å². The van der Waals surface area contributed by atoms with E-state index in [0.29, 0.717) is 0 Å². The van der Waals surface area contributed by atoms with Crippen LogP contribution < -0.4 is 5.73 Å². The highest BCUT2D eigenvalue weighted by molar-refractivity contribution is 5.75. The summed E-state index contributed by atoms with van der Waals surface area (Å²) < 4.78 is 14.9. The van der Waals surface area contributed by atoms with Gasteiger partial charge in [0.25, 0.3) is 0 Å². The standard InChI is InChI=1S/C14H19NO6/c15-12(9-19-6-7-20-10-13(16)17)14(18)21-8-11-4-2-1-3-5-11/h1-5,12H,6-10,15H2,(H,16,17). The number of carboxylic acid groups (broad SMARTS) is 1. The van der Waals surface area contributed by atoms with E-state index in [9.17, 15) is 9.59 Å². The van der Waals surface area contributed by atoms with E-state index in [2.05, 4.69) is 0 Å². The maximum absolute atomic E-state index is 11.6. The van der Waals surface area contributed by atoms with Gasteiger partial charge in [-0.15, -0.1) is 0 Å². The average molecular weight is 297 g/mol. The molecule has 7 heteroatoms. The molecule has 21 heavy (non-hydrogen) atoms. The second kappa shape index (κ2) is 9.87. The number of aliphatic carboxylic acids is 1. The first-order chi connectivity index (χ1) is 10.1. The summed E-state index contributed by atoms with van der Waals surface area (Å²) in [5.41, 5.74) is 6.49. The van der Waals surface area contributed by atoms with Crippen LogP contribution in [0, 0.1) is 0 Å². The average Bonchev–Trinajstić information content (AvgIpc) is 2.48. The minimum atomic E-state index is -1.05. The van der Waals surface area contributed by atoms with Crippen molar-refractivity contribution in [2.24, 2.45) is 5.73 Å². The molecule has 0 aromatic heterocycles. The van der Waals surface area contributed by atoms with Crippen molar-refractivity contribution in [1.29, 1.82) is 0 Å². The van der Waals surface area contributed by atoms with Gasteiger partial charge in [-0.1, -0.05) is 30.3 Å². The molecular weight excluding hydrogens is 278 g/mol. The molecule has 0 aliphatic heterocycles. The Hall–Kier alpha value is -1.96. The van der Waals surface area contributed by atoms with Crippen LogP contribution in [0.25, 0.3) is 0 Å². The lowest BCUT2D eigenvalue weighted by Crippen LogP contribution is -2.37. The maximum atomic E-state index is 11.6. The lowest BCUT2D eigenvalue weighted by atomic mass is 10.2. The molecule has 0 bridgehead atoms. The summed E-state index contributed by atoms with van der Waals surface area (Å²) in [7, 11) is 0. The summed E-state index contributed by atoms with van der Waals surface area (Å²) >= 11 is 0. The van der Waals surface area contributed by atoms with Crippen molar-refractivity contribution < 1.29 is 28.9 Å². The summed E-state index contributed by atoms with van der Waals surface area (Å²) in [4.78, 5) is 21.8. The number of carbonyl (C=O) groups excluding carboxylic acids is 1. The Morgan fingerprint density at radius 3 is 2.48 bits per heavy atom. The molecule has 0 aliphatic rings. The van der Waals surface area contributed by atoms with Crippen LogP contribution in [0.3, 0.4) is 0 Å². The summed E-state index contributed by atoms with van der Waals surface area (Å²) in [6.07, 6.45) is 0. The molecule has 116 valence electrons. The van der Waals surface area contributed by atoms with Crippen molar-refractivity contribution in [3.63, 3.8) is 0 Å². The van der Waals surface area contributed by atoms with Gasteiger partial charge in [0, 0.05) is 0 Å². The Balaban J connectivity index is 2.09. The van der Waals surface area contributed by atoms with Gasteiger partial charge in [0.1, 0.15) is 19.3 Å². The molecule has 3 N–H and O–H groups in total. The van der Waals surface area contributed by atoms with Crippen molar-refractivity contribution in [2.75, 3.05) is 26.4 Å². The monoisotopic (exact) mass is 297 g/mol. The number of rotatable bonds is 10. The largest absolute Gasteiger partial charge is 0.480 e. The van der Waals surface area contributed by atoms with Crippen LogP contribution >= 0.6 is 0 Å². The van der Waals surface area contributed by atoms with Gasteiger partial charge < -0.3 is 25.1 Å². The van der Waals surface area contributed by atoms with E-state index in [1.54, 1.807) is 0 Å². The molecule has 1 aromatic carbocycles. The molecule has 0 aliphatic carbocycles. The fourth-order valence-electron chi connectivity index (χ4n) is 1.39. The van der Waals surface area contributed by atoms with Crippen LogP contribution in [0.2, 0.25) is 0 Å². The summed E-state index contributed by atoms with van der Waals surface area (Å²) in [6.45, 7) is 0.0543. The van der Waals surface area contributed by atoms with Gasteiger partial charge in [0.15, 0.2) is 0 Å². The molecule has 1 unspecified atom stereocenters. The topological polar surface area (TPSA) is 108 Å². The SMILES string of the molecule is NC(COCCOCC(=O)O)C(=O)OCc1ccccc1. The van der Waals surface area contributed by atoms with Crippen LogP contribution in [-0.4, -0.2) is 49.5 Å². The molecule has 1 aromatic rings. The Morgan fingerprint density at radius 2 is 1.81 bits per heavy atom. The smallest absolute Gasteiger partial charge is 0.329 e. The first-order valence-electron chi connectivity index (χ1n) is 6.43. The lowest BCUT2D eigenvalue weighted by molar-refractivity contribution is -0.148. The Kier molecular flexibility index (Phi) is 8.03. The number of hydrogen-bond donors (Lipinski definition) is 2. The number of hydrogen-bond acceptors (Lipinski definition) is 6. The third-order valence-corrected chi connectivity index (χ3v) is 2.42. The van der Waals surface area contributed by atoms with E-state index in [4.69, 9.17) is 25.1 Å². The molecule has 0 spiro atoms. The fraction of sp³-hybridized carbons (Fsp3) is 0.429. The van der Waals surface area contributed by atoms with Gasteiger partial charge in [-0.2, -0.15) is 0 Å². The van der Waals surface area contributed by atoms with Gasteiger partial charge in [-0.25, -0.2) is 4.79 Å². The Bertz CT molecular complexity index is 436. The van der Waals surface area contributed by atoms with Gasteiger partial charge in [-0.05, 0) is 5.56 Å². The van der Waals surface area contributed by atoms with Crippen molar-refractivity contribution in [3.05, 3.63) is 35.9 Å². The molecule has 0 amide bonds. The predicted molar refractivity (Wildman–Crippen MR) is 73.5 cm³/mol. The molecule has 0 heterocycles. The number of esters is 1. The molecule has 0 saturated carbocycles. The maximum Gasteiger partial charge on any atom is 0.329 e. The van der Waals surface area contributed by atoms with Crippen molar-refractivity contribution in [1.82, 2.24) is 0 Å². The Morgan fingerprint density at radius 1 is 1.14 bits per heavy atom. The number of nitrogens with two attached hydrogens (primary N) is 1. The molecule has 0 radical (unpaired) electrons. The van der Waals surface area contributed by atoms with E-state index in [0.717, 1.165) is 5.56 Å². The number of carbonyl (C=O) groups is 2. The molecule has 0 fully saturated rings. The van der Waals surface area contributed by atoms with Gasteiger partial charge in [-0.3, -0.25) is 4.79 Å². The highest BCUT2D eigenvalue weighted by Crippen LogP contribution is 2.01. The normalized spacial score (nSPS) is 11.9. The van der Waals surface area contributed by atoms with Crippen LogP contribution in [0.1, 0.15) is 5.56 Å². The third kappa shape index (κ3) is 8.03. The predicted octanol–water partition coefficient (Wildman–Crippen LogP) is 0.175. The summed E-state index contributed by atoms with van der Waals surface area (Å²) in [5, 5.41) is 8.34. The summed E-state index contributed by atoms with van der Waals surface area (Å²) in [5.74, 6) is -1.60. The van der Waals surface area contributed by atoms with E-state index < -0.39 is 18.0 Å². The first-order valence-corrected chi connectivity index (χ1v) is 6.43. The number of carboxylic acids is 1. The zero-order valence-electron chi connectivity index (χ0n) is 11.6. The van der Waals surface area contributed by atoms with Crippen LogP contribution in [0.15, 0.2) is 30.3 Å². The van der Waals surface area contributed by atoms with Crippen LogP contribution in [0.5, 0.6) is 0 Å². The van der Waals surface area contributed by atoms with E-state index in [-0.39, 0.29) is 33.0 Å². The molecule has 0 saturated heterocycles. The molecule has 1 rings (SSSR count). The highest BCUT2D eigenvalue weighted by Gasteiger charge is 2.15. The van der Waals surface area contributed by atoms with E-state index in [1.165, 1.54) is 0 Å². The Labute approximate surface area is 122 Å². The quantitative estimate of drug-likeness (QED) is 0.468. The van der Waals surface area contributed by atoms with Crippen LogP contribution in [-0.2, 0) is 30.4 Å². The molecular formula is C14H19NO6. The zero-order chi connectivity index (χ0) is 15.5. The van der Waals surface area contributed by atoms with Crippen LogP contribution in [0.4, 0.5) is 0 Å². The second-order valence-corrected chi connectivity index (χ2v) is 4.22. The second-order valence-electron chi connectivity index (χ2n) is 4.22. The zero-order valence-corrected chi connectivity index (χ0v) is 11.6. The number of ether oxygens (including phenoxy) is 3. The minimum Gasteiger partial charge on any atom is -0.480 e. The summed E-state index contributed by atoms with van der Waals surface area (Å²) in [6, 6.07) is 8.38. The molecule has 1 atom stereocenters. The van der Waals surface area contributed by atoms with E-state index >= 15 is 0 Å². The van der Waals surface area contributed by atoms with Gasteiger partial charge in [0.05, 0.1) is 19.8 Å². The van der Waals surface area contributed by atoms with Crippen molar-refractivity contribution in [3.8, 4) is 0 Å². The van der Waals surface area contributed by atoms with Gasteiger partial charge in [0.2, 0.25) is 0 Å². The third-order valence-electron chi connectivity index (χ3n) is 2.42. The lowest BCUT2D eigenvalue weighted by Gasteiger charge is -2.12. The fourth-order valence-corrected chi connectivity index (χ4v) is 1.39.